The molecule has 0 aliphatic heterocycles. The standard InChI is InChI=1S/C20H11Cl3N2O2/c21-13-7-5-11(6-8-13)18-17(14-3-1-2-4-15(14)22)24-19-16(23)9-12(20(26)27)10-25(18)19/h1-10H,(H,26,27). The van der Waals surface area contributed by atoms with Crippen LogP contribution in [0.2, 0.25) is 15.1 Å². The number of carboxylic acids is 1. The molecule has 2 aromatic heterocycles. The van der Waals surface area contributed by atoms with Crippen molar-refractivity contribution >= 4 is 46.4 Å². The van der Waals surface area contributed by atoms with E-state index >= 15 is 0 Å². The van der Waals surface area contributed by atoms with Gasteiger partial charge in [-0.3, -0.25) is 4.40 Å². The van der Waals surface area contributed by atoms with Gasteiger partial charge in [-0.15, -0.1) is 0 Å². The van der Waals surface area contributed by atoms with Crippen molar-refractivity contribution in [2.45, 2.75) is 0 Å². The zero-order valence-electron chi connectivity index (χ0n) is 13.7. The van der Waals surface area contributed by atoms with Gasteiger partial charge in [0, 0.05) is 22.3 Å². The second-order valence-corrected chi connectivity index (χ2v) is 7.12. The van der Waals surface area contributed by atoms with E-state index in [0.717, 1.165) is 11.1 Å². The van der Waals surface area contributed by atoms with Crippen LogP contribution in [0.5, 0.6) is 0 Å². The number of hydrogen-bond donors (Lipinski definition) is 1. The fraction of sp³-hybridized carbons (Fsp3) is 0. The van der Waals surface area contributed by atoms with Gasteiger partial charge in [-0.1, -0.05) is 65.1 Å². The molecule has 0 amide bonds. The largest absolute Gasteiger partial charge is 0.478 e. The van der Waals surface area contributed by atoms with Crippen LogP contribution in [0.4, 0.5) is 0 Å². The Hall–Kier alpha value is -2.53. The molecule has 0 aliphatic rings. The van der Waals surface area contributed by atoms with Crippen LogP contribution in [0.3, 0.4) is 0 Å². The molecule has 0 saturated carbocycles. The molecule has 0 unspecified atom stereocenters. The van der Waals surface area contributed by atoms with Crippen LogP contribution in [0, 0.1) is 0 Å². The topological polar surface area (TPSA) is 54.6 Å². The molecule has 4 rings (SSSR count). The van der Waals surface area contributed by atoms with Gasteiger partial charge in [0.25, 0.3) is 0 Å². The molecular weight excluding hydrogens is 407 g/mol. The minimum absolute atomic E-state index is 0.0609. The summed E-state index contributed by atoms with van der Waals surface area (Å²) in [4.78, 5) is 16.2. The average Bonchev–Trinajstić information content (AvgIpc) is 3.02. The molecule has 0 spiro atoms. The van der Waals surface area contributed by atoms with Crippen molar-refractivity contribution in [3.63, 3.8) is 0 Å². The molecule has 134 valence electrons. The molecule has 2 aromatic carbocycles. The Morgan fingerprint density at radius 1 is 0.963 bits per heavy atom. The molecule has 4 aromatic rings. The Morgan fingerprint density at radius 3 is 2.33 bits per heavy atom. The van der Waals surface area contributed by atoms with Crippen molar-refractivity contribution in [1.82, 2.24) is 9.38 Å². The van der Waals surface area contributed by atoms with Crippen LogP contribution in [0.1, 0.15) is 10.4 Å². The number of fused-ring (bicyclic) bond motifs is 1. The quantitative estimate of drug-likeness (QED) is 0.424. The average molecular weight is 418 g/mol. The van der Waals surface area contributed by atoms with Gasteiger partial charge < -0.3 is 5.11 Å². The molecule has 0 fully saturated rings. The van der Waals surface area contributed by atoms with Gasteiger partial charge in [0.05, 0.1) is 27.0 Å². The van der Waals surface area contributed by atoms with Gasteiger partial charge in [0.2, 0.25) is 0 Å². The van der Waals surface area contributed by atoms with E-state index in [1.54, 1.807) is 22.6 Å². The van der Waals surface area contributed by atoms with Gasteiger partial charge in [0.15, 0.2) is 5.65 Å². The number of rotatable bonds is 3. The van der Waals surface area contributed by atoms with E-state index in [0.29, 0.717) is 27.1 Å². The number of pyridine rings is 1. The van der Waals surface area contributed by atoms with Crippen molar-refractivity contribution in [3.05, 3.63) is 81.4 Å². The van der Waals surface area contributed by atoms with Gasteiger partial charge in [-0.2, -0.15) is 0 Å². The maximum absolute atomic E-state index is 11.5. The zero-order valence-corrected chi connectivity index (χ0v) is 15.9. The van der Waals surface area contributed by atoms with E-state index in [9.17, 15) is 9.90 Å². The Bertz CT molecular complexity index is 1180. The highest BCUT2D eigenvalue weighted by Crippen LogP contribution is 2.38. The third-order valence-corrected chi connectivity index (χ3v) is 5.03. The first-order valence-corrected chi connectivity index (χ1v) is 9.05. The molecule has 7 heteroatoms. The van der Waals surface area contributed by atoms with E-state index in [1.807, 2.05) is 30.3 Å². The summed E-state index contributed by atoms with van der Waals surface area (Å²) in [5.74, 6) is -1.08. The van der Waals surface area contributed by atoms with Crippen LogP contribution >= 0.6 is 34.8 Å². The molecule has 0 saturated heterocycles. The smallest absolute Gasteiger partial charge is 0.337 e. The molecule has 0 bridgehead atoms. The summed E-state index contributed by atoms with van der Waals surface area (Å²) in [6.45, 7) is 0. The van der Waals surface area contributed by atoms with Crippen molar-refractivity contribution in [1.29, 1.82) is 0 Å². The van der Waals surface area contributed by atoms with Crippen molar-refractivity contribution in [2.75, 3.05) is 0 Å². The van der Waals surface area contributed by atoms with E-state index in [-0.39, 0.29) is 10.6 Å². The number of benzene rings is 2. The zero-order chi connectivity index (χ0) is 19.1. The molecule has 27 heavy (non-hydrogen) atoms. The number of hydrogen-bond acceptors (Lipinski definition) is 2. The first kappa shape index (κ1) is 17.9. The number of aromatic nitrogens is 2. The van der Waals surface area contributed by atoms with E-state index in [1.165, 1.54) is 12.3 Å². The second-order valence-electron chi connectivity index (χ2n) is 5.87. The van der Waals surface area contributed by atoms with Crippen LogP contribution in [-0.2, 0) is 0 Å². The van der Waals surface area contributed by atoms with E-state index in [4.69, 9.17) is 34.8 Å². The van der Waals surface area contributed by atoms with Crippen LogP contribution in [0.15, 0.2) is 60.8 Å². The number of imidazole rings is 1. The Morgan fingerprint density at radius 2 is 1.67 bits per heavy atom. The highest BCUT2D eigenvalue weighted by molar-refractivity contribution is 6.34. The summed E-state index contributed by atoms with van der Waals surface area (Å²) >= 11 is 18.7. The van der Waals surface area contributed by atoms with Gasteiger partial charge in [-0.05, 0) is 24.3 Å². The fourth-order valence-corrected chi connectivity index (χ4v) is 3.55. The predicted molar refractivity (Wildman–Crippen MR) is 108 cm³/mol. The molecule has 0 atom stereocenters. The summed E-state index contributed by atoms with van der Waals surface area (Å²) in [6, 6.07) is 15.9. The summed E-state index contributed by atoms with van der Waals surface area (Å²) in [5.41, 5.74) is 3.32. The number of halogens is 3. The lowest BCUT2D eigenvalue weighted by Gasteiger charge is -2.08. The second kappa shape index (κ2) is 6.89. The summed E-state index contributed by atoms with van der Waals surface area (Å²) in [6.07, 6.45) is 1.50. The lowest BCUT2D eigenvalue weighted by molar-refractivity contribution is 0.0696. The first-order valence-electron chi connectivity index (χ1n) is 7.91. The lowest BCUT2D eigenvalue weighted by Crippen LogP contribution is -2.00. The predicted octanol–water partition coefficient (Wildman–Crippen LogP) is 6.33. The number of aromatic carboxylic acids is 1. The summed E-state index contributed by atoms with van der Waals surface area (Å²) in [7, 11) is 0. The Balaban J connectivity index is 2.12. The molecule has 1 N–H and O–H groups in total. The molecule has 0 radical (unpaired) electrons. The molecule has 2 heterocycles. The highest BCUT2D eigenvalue weighted by Gasteiger charge is 2.21. The SMILES string of the molecule is O=C(O)c1cc(Cl)c2nc(-c3ccccc3Cl)c(-c3ccc(Cl)cc3)n2c1. The van der Waals surface area contributed by atoms with Gasteiger partial charge in [0.1, 0.15) is 0 Å². The van der Waals surface area contributed by atoms with Crippen molar-refractivity contribution < 1.29 is 9.90 Å². The minimum Gasteiger partial charge on any atom is -0.478 e. The van der Waals surface area contributed by atoms with E-state index in [2.05, 4.69) is 4.98 Å². The number of nitrogens with zero attached hydrogens (tertiary/aromatic N) is 2. The minimum atomic E-state index is -1.08. The monoisotopic (exact) mass is 416 g/mol. The summed E-state index contributed by atoms with van der Waals surface area (Å²) < 4.78 is 1.67. The normalized spacial score (nSPS) is 11.1. The third kappa shape index (κ3) is 3.16. The number of carbonyl (C=O) groups is 1. The molecule has 4 nitrogen and oxygen atoms in total. The Kier molecular flexibility index (Phi) is 4.56. The fourth-order valence-electron chi connectivity index (χ4n) is 2.95. The van der Waals surface area contributed by atoms with Crippen molar-refractivity contribution in [2.24, 2.45) is 0 Å². The maximum Gasteiger partial charge on any atom is 0.337 e. The first-order chi connectivity index (χ1) is 13.0. The van der Waals surface area contributed by atoms with Crippen LogP contribution < -0.4 is 0 Å². The summed E-state index contributed by atoms with van der Waals surface area (Å²) in [5, 5.41) is 10.8. The molecular formula is C20H11Cl3N2O2. The van der Waals surface area contributed by atoms with Gasteiger partial charge >= 0.3 is 5.97 Å². The maximum atomic E-state index is 11.5. The third-order valence-electron chi connectivity index (χ3n) is 4.17. The molecule has 0 aliphatic carbocycles. The highest BCUT2D eigenvalue weighted by atomic mass is 35.5. The lowest BCUT2D eigenvalue weighted by atomic mass is 10.0. The Labute approximate surface area is 169 Å². The number of carboxylic acid groups (broad SMARTS) is 1. The van der Waals surface area contributed by atoms with Crippen molar-refractivity contribution in [3.8, 4) is 22.5 Å². The van der Waals surface area contributed by atoms with E-state index < -0.39 is 5.97 Å². The van der Waals surface area contributed by atoms with Gasteiger partial charge in [-0.25, -0.2) is 9.78 Å². The van der Waals surface area contributed by atoms with Crippen LogP contribution in [0.25, 0.3) is 28.2 Å². The van der Waals surface area contributed by atoms with Crippen LogP contribution in [-0.4, -0.2) is 20.5 Å².